The first kappa shape index (κ1) is 22.0. The fourth-order valence-corrected chi connectivity index (χ4v) is 3.70. The van der Waals surface area contributed by atoms with E-state index in [4.69, 9.17) is 5.11 Å². The Balaban J connectivity index is 2.48. The molecule has 25 heavy (non-hydrogen) atoms. The number of allylic oxidation sites excluding steroid dienone is 3. The van der Waals surface area contributed by atoms with Crippen molar-refractivity contribution in [2.24, 2.45) is 11.8 Å². The van der Waals surface area contributed by atoms with Gasteiger partial charge in [0.25, 0.3) is 0 Å². The van der Waals surface area contributed by atoms with Gasteiger partial charge in [0.2, 0.25) is 0 Å². The zero-order valence-corrected chi connectivity index (χ0v) is 16.0. The number of Topliss-reactive ketones (excluding diaryl/α,β-unsaturated/α-hetero) is 1. The van der Waals surface area contributed by atoms with Crippen LogP contribution in [0.1, 0.15) is 64.7 Å². The summed E-state index contributed by atoms with van der Waals surface area (Å²) in [6.07, 6.45) is 14.0. The van der Waals surface area contributed by atoms with E-state index in [0.29, 0.717) is 25.7 Å². The molecule has 0 amide bonds. The summed E-state index contributed by atoms with van der Waals surface area (Å²) in [6.45, 7) is 2.14. The van der Waals surface area contributed by atoms with Gasteiger partial charge in [-0.25, -0.2) is 0 Å². The number of carbonyl (C=O) groups is 2. The molecule has 1 rings (SSSR count). The number of carboxylic acids is 1. The molecular weight excluding hydrogens is 336 g/mol. The minimum atomic E-state index is -0.778. The molecule has 1 aliphatic rings. The zero-order valence-electron chi connectivity index (χ0n) is 15.1. The highest BCUT2D eigenvalue weighted by molar-refractivity contribution is 7.81. The number of thiol groups is 1. The van der Waals surface area contributed by atoms with E-state index in [1.807, 2.05) is 24.3 Å². The molecule has 0 aliphatic heterocycles. The summed E-state index contributed by atoms with van der Waals surface area (Å²) in [5, 5.41) is 18.7. The second kappa shape index (κ2) is 12.3. The SMILES string of the molecule is CCCCCC(O)/C=C/C1C(S)CC(=O)C1C/C=C/CCCC(=O)O. The minimum absolute atomic E-state index is 0.0111. The van der Waals surface area contributed by atoms with E-state index in [9.17, 15) is 14.7 Å². The maximum Gasteiger partial charge on any atom is 0.303 e. The van der Waals surface area contributed by atoms with Crippen LogP contribution in [0.15, 0.2) is 24.3 Å². The van der Waals surface area contributed by atoms with Crippen LogP contribution in [0.3, 0.4) is 0 Å². The maximum absolute atomic E-state index is 12.2. The van der Waals surface area contributed by atoms with Crippen LogP contribution in [0.25, 0.3) is 0 Å². The fraction of sp³-hybridized carbons (Fsp3) is 0.700. The first-order chi connectivity index (χ1) is 12.0. The molecule has 0 spiro atoms. The third-order valence-corrected chi connectivity index (χ3v) is 5.24. The van der Waals surface area contributed by atoms with Crippen LogP contribution in [0.5, 0.6) is 0 Å². The predicted molar refractivity (Wildman–Crippen MR) is 104 cm³/mol. The number of ketones is 1. The van der Waals surface area contributed by atoms with E-state index >= 15 is 0 Å². The molecular formula is C20H32O4S. The highest BCUT2D eigenvalue weighted by atomic mass is 32.1. The molecule has 0 aromatic rings. The number of aliphatic carboxylic acids is 1. The average Bonchev–Trinajstić information content (AvgIpc) is 2.82. The molecule has 0 aromatic heterocycles. The van der Waals surface area contributed by atoms with E-state index in [1.54, 1.807) is 0 Å². The van der Waals surface area contributed by atoms with Crippen LogP contribution in [-0.2, 0) is 9.59 Å². The number of carbonyl (C=O) groups excluding carboxylic acids is 1. The lowest BCUT2D eigenvalue weighted by Gasteiger charge is -2.17. The molecule has 4 nitrogen and oxygen atoms in total. The normalized spacial score (nSPS) is 25.2. The van der Waals surface area contributed by atoms with Crippen molar-refractivity contribution in [2.45, 2.75) is 76.1 Å². The fourth-order valence-electron chi connectivity index (χ4n) is 3.22. The molecule has 0 radical (unpaired) electrons. The van der Waals surface area contributed by atoms with Crippen molar-refractivity contribution in [1.29, 1.82) is 0 Å². The lowest BCUT2D eigenvalue weighted by Crippen LogP contribution is -2.16. The second-order valence-corrected chi connectivity index (χ2v) is 7.53. The lowest BCUT2D eigenvalue weighted by molar-refractivity contribution is -0.137. The Kier molecular flexibility index (Phi) is 10.8. The van der Waals surface area contributed by atoms with Gasteiger partial charge in [-0.1, -0.05) is 50.5 Å². The highest BCUT2D eigenvalue weighted by Gasteiger charge is 2.38. The van der Waals surface area contributed by atoms with Crippen molar-refractivity contribution >= 4 is 24.4 Å². The van der Waals surface area contributed by atoms with Gasteiger partial charge >= 0.3 is 5.97 Å². The summed E-state index contributed by atoms with van der Waals surface area (Å²) < 4.78 is 0. The van der Waals surface area contributed by atoms with E-state index < -0.39 is 12.1 Å². The quantitative estimate of drug-likeness (QED) is 0.274. The molecule has 0 aromatic carbocycles. The number of aliphatic hydroxyl groups excluding tert-OH is 1. The standard InChI is InChI=1S/C20H32O4S/c1-2-3-6-9-15(21)12-13-17-16(18(22)14-19(17)25)10-7-4-5-8-11-20(23)24/h4,7,12-13,15-17,19,21,25H,2-3,5-6,8-11,14H2,1H3,(H,23,24)/b7-4+,13-12+. The van der Waals surface area contributed by atoms with Crippen molar-refractivity contribution in [3.63, 3.8) is 0 Å². The second-order valence-electron chi connectivity index (χ2n) is 6.86. The van der Waals surface area contributed by atoms with Gasteiger partial charge in [0.05, 0.1) is 6.10 Å². The third-order valence-electron chi connectivity index (χ3n) is 4.71. The van der Waals surface area contributed by atoms with E-state index in [2.05, 4.69) is 19.6 Å². The molecule has 1 aliphatic carbocycles. The van der Waals surface area contributed by atoms with Crippen molar-refractivity contribution in [2.75, 3.05) is 0 Å². The Labute approximate surface area is 156 Å². The van der Waals surface area contributed by atoms with Crippen LogP contribution in [0, 0.1) is 11.8 Å². The van der Waals surface area contributed by atoms with Crippen LogP contribution >= 0.6 is 12.6 Å². The van der Waals surface area contributed by atoms with Gasteiger partial charge in [0.1, 0.15) is 5.78 Å². The summed E-state index contributed by atoms with van der Waals surface area (Å²) in [6, 6.07) is 0. The molecule has 0 bridgehead atoms. The van der Waals surface area contributed by atoms with Crippen LogP contribution < -0.4 is 0 Å². The van der Waals surface area contributed by atoms with E-state index in [-0.39, 0.29) is 29.3 Å². The van der Waals surface area contributed by atoms with Gasteiger partial charge in [0, 0.05) is 24.0 Å². The molecule has 0 heterocycles. The minimum Gasteiger partial charge on any atom is -0.481 e. The molecule has 1 saturated carbocycles. The molecule has 0 saturated heterocycles. The Morgan fingerprint density at radius 3 is 2.76 bits per heavy atom. The molecule has 5 heteroatoms. The number of hydrogen-bond donors (Lipinski definition) is 3. The lowest BCUT2D eigenvalue weighted by atomic mass is 9.91. The Bertz CT molecular complexity index is 472. The summed E-state index contributed by atoms with van der Waals surface area (Å²) in [5.74, 6) is -0.581. The summed E-state index contributed by atoms with van der Waals surface area (Å²) >= 11 is 4.55. The molecule has 4 atom stereocenters. The molecule has 1 fully saturated rings. The monoisotopic (exact) mass is 368 g/mol. The number of unbranched alkanes of at least 4 members (excludes halogenated alkanes) is 3. The topological polar surface area (TPSA) is 74.6 Å². The maximum atomic E-state index is 12.2. The molecule has 142 valence electrons. The number of rotatable bonds is 12. The summed E-state index contributed by atoms with van der Waals surface area (Å²) in [4.78, 5) is 22.7. The molecule has 4 unspecified atom stereocenters. The van der Waals surface area contributed by atoms with Crippen molar-refractivity contribution in [3.05, 3.63) is 24.3 Å². The Morgan fingerprint density at radius 1 is 1.32 bits per heavy atom. The predicted octanol–water partition coefficient (Wildman–Crippen LogP) is 4.19. The van der Waals surface area contributed by atoms with Gasteiger partial charge in [-0.15, -0.1) is 0 Å². The summed E-state index contributed by atoms with van der Waals surface area (Å²) in [5.41, 5.74) is 0. The van der Waals surface area contributed by atoms with E-state index in [1.165, 1.54) is 0 Å². The van der Waals surface area contributed by atoms with Crippen LogP contribution in [0.2, 0.25) is 0 Å². The number of carboxylic acid groups (broad SMARTS) is 1. The third kappa shape index (κ3) is 8.73. The van der Waals surface area contributed by atoms with Crippen molar-refractivity contribution in [3.8, 4) is 0 Å². The zero-order chi connectivity index (χ0) is 18.7. The first-order valence-electron chi connectivity index (χ1n) is 9.39. The van der Waals surface area contributed by atoms with Gasteiger partial charge in [-0.3, -0.25) is 9.59 Å². The van der Waals surface area contributed by atoms with Crippen LogP contribution in [0.4, 0.5) is 0 Å². The van der Waals surface area contributed by atoms with Crippen molar-refractivity contribution in [1.82, 2.24) is 0 Å². The number of aliphatic hydroxyl groups is 1. The molecule has 2 N–H and O–H groups in total. The van der Waals surface area contributed by atoms with Gasteiger partial charge < -0.3 is 10.2 Å². The first-order valence-corrected chi connectivity index (χ1v) is 9.91. The van der Waals surface area contributed by atoms with Gasteiger partial charge in [-0.05, 0) is 31.6 Å². The Morgan fingerprint density at radius 2 is 2.08 bits per heavy atom. The smallest absolute Gasteiger partial charge is 0.303 e. The van der Waals surface area contributed by atoms with E-state index in [0.717, 1.165) is 25.7 Å². The van der Waals surface area contributed by atoms with Crippen molar-refractivity contribution < 1.29 is 19.8 Å². The summed E-state index contributed by atoms with van der Waals surface area (Å²) in [7, 11) is 0. The van der Waals surface area contributed by atoms with Crippen LogP contribution in [-0.4, -0.2) is 33.3 Å². The number of hydrogen-bond acceptors (Lipinski definition) is 4. The average molecular weight is 369 g/mol. The van der Waals surface area contributed by atoms with Gasteiger partial charge in [0.15, 0.2) is 0 Å². The Hall–Kier alpha value is -1.07. The highest BCUT2D eigenvalue weighted by Crippen LogP contribution is 2.36. The van der Waals surface area contributed by atoms with Gasteiger partial charge in [-0.2, -0.15) is 12.6 Å². The largest absolute Gasteiger partial charge is 0.481 e.